The highest BCUT2D eigenvalue weighted by Crippen LogP contribution is 2.29. The second kappa shape index (κ2) is 6.30. The Hall–Kier alpha value is -1.16. The molecule has 3 N–H and O–H groups in total. The van der Waals surface area contributed by atoms with Gasteiger partial charge in [0.05, 0.1) is 18.1 Å². The summed E-state index contributed by atoms with van der Waals surface area (Å²) in [6, 6.07) is 3.57. The summed E-state index contributed by atoms with van der Waals surface area (Å²) in [6.45, 7) is 0.405. The lowest BCUT2D eigenvalue weighted by Gasteiger charge is -2.33. The van der Waals surface area contributed by atoms with Crippen molar-refractivity contribution in [3.8, 4) is 0 Å². The number of nitrogens with two attached hydrogens (primary N) is 1. The van der Waals surface area contributed by atoms with Crippen molar-refractivity contribution in [3.63, 3.8) is 0 Å². The number of halogens is 1. The number of likely N-dealkylation sites (N-methyl/N-ethyl adjacent to an activating group) is 1. The largest absolute Gasteiger partial charge is 0.399 e. The maximum absolute atomic E-state index is 12.8. The normalized spacial score (nSPS) is 20.2. The first-order chi connectivity index (χ1) is 9.87. The van der Waals surface area contributed by atoms with Gasteiger partial charge in [-0.3, -0.25) is 4.79 Å². The fourth-order valence-electron chi connectivity index (χ4n) is 2.10. The van der Waals surface area contributed by atoms with Gasteiger partial charge in [0.25, 0.3) is 0 Å². The van der Waals surface area contributed by atoms with Crippen LogP contribution in [0.15, 0.2) is 27.6 Å². The van der Waals surface area contributed by atoms with Gasteiger partial charge in [-0.15, -0.1) is 0 Å². The van der Waals surface area contributed by atoms with E-state index in [1.807, 2.05) is 0 Å². The zero-order valence-corrected chi connectivity index (χ0v) is 13.8. The van der Waals surface area contributed by atoms with Crippen molar-refractivity contribution in [2.75, 3.05) is 32.5 Å². The number of rotatable bonds is 3. The van der Waals surface area contributed by atoms with Crippen LogP contribution in [-0.4, -0.2) is 51.5 Å². The first-order valence-corrected chi connectivity index (χ1v) is 8.47. The maximum atomic E-state index is 12.8. The highest BCUT2D eigenvalue weighted by Gasteiger charge is 2.38. The van der Waals surface area contributed by atoms with Gasteiger partial charge in [-0.05, 0) is 34.1 Å². The first kappa shape index (κ1) is 16.2. The SMILES string of the molecule is CNC(=O)C1COCCN1S(=O)(=O)c1ccc(N)cc1Br. The number of nitrogen functional groups attached to an aromatic ring is 1. The second-order valence-corrected chi connectivity index (χ2v) is 7.22. The highest BCUT2D eigenvalue weighted by atomic mass is 79.9. The summed E-state index contributed by atoms with van der Waals surface area (Å²) in [5.74, 6) is -0.398. The van der Waals surface area contributed by atoms with E-state index in [2.05, 4.69) is 21.2 Å². The van der Waals surface area contributed by atoms with Crippen molar-refractivity contribution in [1.82, 2.24) is 9.62 Å². The van der Waals surface area contributed by atoms with Crippen molar-refractivity contribution in [1.29, 1.82) is 0 Å². The Balaban J connectivity index is 2.43. The lowest BCUT2D eigenvalue weighted by Crippen LogP contribution is -2.55. The van der Waals surface area contributed by atoms with E-state index >= 15 is 0 Å². The molecule has 1 aliphatic heterocycles. The molecule has 1 fully saturated rings. The lowest BCUT2D eigenvalue weighted by molar-refractivity contribution is -0.128. The highest BCUT2D eigenvalue weighted by molar-refractivity contribution is 9.10. The van der Waals surface area contributed by atoms with E-state index in [0.717, 1.165) is 4.31 Å². The molecule has 0 bridgehead atoms. The Morgan fingerprint density at radius 1 is 1.52 bits per heavy atom. The molecule has 1 aromatic carbocycles. The topological polar surface area (TPSA) is 102 Å². The number of morpholine rings is 1. The molecule has 7 nitrogen and oxygen atoms in total. The van der Waals surface area contributed by atoms with E-state index in [-0.39, 0.29) is 24.7 Å². The van der Waals surface area contributed by atoms with E-state index in [0.29, 0.717) is 10.2 Å². The number of benzene rings is 1. The number of carbonyl (C=O) groups is 1. The average molecular weight is 378 g/mol. The van der Waals surface area contributed by atoms with Gasteiger partial charge >= 0.3 is 0 Å². The summed E-state index contributed by atoms with van der Waals surface area (Å²) in [6.07, 6.45) is 0. The number of nitrogens with zero attached hydrogens (tertiary/aromatic N) is 1. The summed E-state index contributed by atoms with van der Waals surface area (Å²) >= 11 is 3.21. The Bertz CT molecular complexity index is 650. The molecule has 0 saturated carbocycles. The molecular formula is C12H16BrN3O4S. The predicted molar refractivity (Wildman–Crippen MR) is 81.1 cm³/mol. The van der Waals surface area contributed by atoms with Gasteiger partial charge in [0.2, 0.25) is 15.9 Å². The summed E-state index contributed by atoms with van der Waals surface area (Å²) < 4.78 is 32.3. The van der Waals surface area contributed by atoms with E-state index in [1.54, 1.807) is 0 Å². The fourth-order valence-corrected chi connectivity index (χ4v) is 4.72. The van der Waals surface area contributed by atoms with Crippen LogP contribution >= 0.6 is 15.9 Å². The fraction of sp³-hybridized carbons (Fsp3) is 0.417. The molecular weight excluding hydrogens is 362 g/mol. The summed E-state index contributed by atoms with van der Waals surface area (Å²) in [7, 11) is -2.36. The molecule has 116 valence electrons. The van der Waals surface area contributed by atoms with Crippen LogP contribution in [-0.2, 0) is 19.6 Å². The van der Waals surface area contributed by atoms with Gasteiger partial charge in [0, 0.05) is 23.8 Å². The minimum atomic E-state index is -3.82. The molecule has 2 rings (SSSR count). The first-order valence-electron chi connectivity index (χ1n) is 6.24. The van der Waals surface area contributed by atoms with Crippen LogP contribution in [0.2, 0.25) is 0 Å². The number of anilines is 1. The third-order valence-electron chi connectivity index (χ3n) is 3.17. The number of hydrogen-bond donors (Lipinski definition) is 2. The number of carbonyl (C=O) groups excluding carboxylic acids is 1. The van der Waals surface area contributed by atoms with Gasteiger partial charge in [-0.1, -0.05) is 0 Å². The van der Waals surface area contributed by atoms with Crippen molar-refractivity contribution in [3.05, 3.63) is 22.7 Å². The van der Waals surface area contributed by atoms with Crippen LogP contribution in [0.25, 0.3) is 0 Å². The average Bonchev–Trinajstić information content (AvgIpc) is 2.46. The van der Waals surface area contributed by atoms with Crippen molar-refractivity contribution in [2.24, 2.45) is 0 Å². The monoisotopic (exact) mass is 377 g/mol. The van der Waals surface area contributed by atoms with E-state index in [9.17, 15) is 13.2 Å². The van der Waals surface area contributed by atoms with Crippen LogP contribution < -0.4 is 11.1 Å². The molecule has 0 spiro atoms. The van der Waals surface area contributed by atoms with Gasteiger partial charge in [-0.2, -0.15) is 4.31 Å². The van der Waals surface area contributed by atoms with Gasteiger partial charge in [-0.25, -0.2) is 8.42 Å². The summed E-state index contributed by atoms with van der Waals surface area (Å²) in [4.78, 5) is 11.9. The molecule has 0 aromatic heterocycles. The van der Waals surface area contributed by atoms with Crippen LogP contribution in [0.1, 0.15) is 0 Å². The van der Waals surface area contributed by atoms with E-state index in [1.165, 1.54) is 25.2 Å². The second-order valence-electron chi connectivity index (χ2n) is 4.51. The quantitative estimate of drug-likeness (QED) is 0.730. The molecule has 1 atom stereocenters. The van der Waals surface area contributed by atoms with Crippen molar-refractivity contribution < 1.29 is 17.9 Å². The molecule has 9 heteroatoms. The Kier molecular flexibility index (Phi) is 4.87. The molecule has 1 unspecified atom stereocenters. The zero-order valence-electron chi connectivity index (χ0n) is 11.4. The summed E-state index contributed by atoms with van der Waals surface area (Å²) in [5.41, 5.74) is 6.07. The van der Waals surface area contributed by atoms with Crippen molar-refractivity contribution >= 4 is 37.5 Å². The van der Waals surface area contributed by atoms with Crippen LogP contribution in [0, 0.1) is 0 Å². The number of ether oxygens (including phenoxy) is 1. The van der Waals surface area contributed by atoms with Gasteiger partial charge < -0.3 is 15.8 Å². The predicted octanol–water partition coefficient (Wildman–Crippen LogP) is 0.167. The zero-order chi connectivity index (χ0) is 15.6. The molecule has 1 heterocycles. The van der Waals surface area contributed by atoms with E-state index < -0.39 is 22.0 Å². The number of amides is 1. The molecule has 21 heavy (non-hydrogen) atoms. The molecule has 0 radical (unpaired) electrons. The summed E-state index contributed by atoms with van der Waals surface area (Å²) in [5, 5.41) is 2.46. The molecule has 0 aliphatic carbocycles. The molecule has 1 amide bonds. The van der Waals surface area contributed by atoms with Crippen LogP contribution in [0.3, 0.4) is 0 Å². The van der Waals surface area contributed by atoms with Gasteiger partial charge in [0.15, 0.2) is 0 Å². The lowest BCUT2D eigenvalue weighted by atomic mass is 10.2. The van der Waals surface area contributed by atoms with E-state index in [4.69, 9.17) is 10.5 Å². The number of sulfonamides is 1. The standard InChI is InChI=1S/C12H16BrN3O4S/c1-15-12(17)10-7-20-5-4-16(10)21(18,19)11-3-2-8(14)6-9(11)13/h2-3,6,10H,4-5,7,14H2,1H3,(H,15,17). The Morgan fingerprint density at radius 2 is 2.24 bits per heavy atom. The third-order valence-corrected chi connectivity index (χ3v) is 6.06. The Labute approximate surface area is 131 Å². The number of hydrogen-bond acceptors (Lipinski definition) is 5. The Morgan fingerprint density at radius 3 is 2.86 bits per heavy atom. The molecule has 1 aliphatic rings. The third kappa shape index (κ3) is 3.20. The van der Waals surface area contributed by atoms with Gasteiger partial charge in [0.1, 0.15) is 6.04 Å². The van der Waals surface area contributed by atoms with Crippen molar-refractivity contribution in [2.45, 2.75) is 10.9 Å². The van der Waals surface area contributed by atoms with Crippen LogP contribution in [0.5, 0.6) is 0 Å². The molecule has 1 aromatic rings. The van der Waals surface area contributed by atoms with Crippen LogP contribution in [0.4, 0.5) is 5.69 Å². The number of nitrogens with one attached hydrogen (secondary N) is 1. The smallest absolute Gasteiger partial charge is 0.245 e. The minimum absolute atomic E-state index is 0.0332. The molecule has 1 saturated heterocycles. The minimum Gasteiger partial charge on any atom is -0.399 e. The maximum Gasteiger partial charge on any atom is 0.245 e.